The van der Waals surface area contributed by atoms with E-state index in [1.807, 2.05) is 60.7 Å². The first-order valence-electron chi connectivity index (χ1n) is 12.6. The van der Waals surface area contributed by atoms with Crippen LogP contribution in [-0.2, 0) is 0 Å². The third kappa shape index (κ3) is 3.80. The molecule has 0 unspecified atom stereocenters. The van der Waals surface area contributed by atoms with Crippen LogP contribution in [0.4, 0.5) is 0 Å². The Morgan fingerprint density at radius 3 is 1.08 bits per heavy atom. The Hall–Kier alpha value is -5.22. The van der Waals surface area contributed by atoms with Crippen LogP contribution in [0.1, 0.15) is 0 Å². The molecule has 5 aromatic carbocycles. The minimum atomic E-state index is 0.873. The fourth-order valence-corrected chi connectivity index (χ4v) is 5.09. The van der Waals surface area contributed by atoms with E-state index in [-0.39, 0.29) is 0 Å². The van der Waals surface area contributed by atoms with E-state index in [0.29, 0.717) is 0 Å². The van der Waals surface area contributed by atoms with Crippen LogP contribution >= 0.6 is 0 Å². The molecule has 0 amide bonds. The van der Waals surface area contributed by atoms with E-state index < -0.39 is 0 Å². The first-order chi connectivity index (χ1) is 18.9. The van der Waals surface area contributed by atoms with Crippen molar-refractivity contribution in [2.45, 2.75) is 0 Å². The molecule has 2 aromatic heterocycles. The lowest BCUT2D eigenvalue weighted by atomic mass is 9.92. The first kappa shape index (κ1) is 22.0. The van der Waals surface area contributed by atoms with E-state index in [4.69, 9.17) is 0 Å². The van der Waals surface area contributed by atoms with Crippen LogP contribution in [-0.4, -0.2) is 20.4 Å². The number of rotatable bonds is 4. The summed E-state index contributed by atoms with van der Waals surface area (Å²) in [6.45, 7) is 0. The second-order valence-electron chi connectivity index (χ2n) is 9.19. The molecule has 0 aliphatic rings. The van der Waals surface area contributed by atoms with Crippen LogP contribution in [0.5, 0.6) is 0 Å². The molecule has 0 spiro atoms. The maximum atomic E-state index is 4.66. The molecule has 7 rings (SSSR count). The van der Waals surface area contributed by atoms with Gasteiger partial charge in [0.1, 0.15) is 11.4 Å². The number of nitrogens with zero attached hydrogens (tertiary/aromatic N) is 4. The molecular weight excluding hydrogens is 464 g/mol. The summed E-state index contributed by atoms with van der Waals surface area (Å²) in [5.74, 6) is 0. The van der Waals surface area contributed by atoms with Gasteiger partial charge in [-0.3, -0.25) is 0 Å². The van der Waals surface area contributed by atoms with E-state index in [0.717, 1.165) is 66.6 Å². The van der Waals surface area contributed by atoms with Crippen molar-refractivity contribution in [1.29, 1.82) is 0 Å². The fourth-order valence-electron chi connectivity index (χ4n) is 5.09. The molecule has 7 aromatic rings. The predicted octanol–water partition coefficient (Wildman–Crippen LogP) is 8.24. The summed E-state index contributed by atoms with van der Waals surface area (Å²) in [7, 11) is 0. The van der Waals surface area contributed by atoms with Crippen LogP contribution in [0.15, 0.2) is 133 Å². The summed E-state index contributed by atoms with van der Waals surface area (Å²) in [6.07, 6.45) is 0. The molecule has 0 aliphatic heterocycles. The molecule has 0 aliphatic carbocycles. The highest BCUT2D eigenvalue weighted by Crippen LogP contribution is 2.39. The Balaban J connectivity index is 1.44. The zero-order chi connectivity index (χ0) is 25.3. The number of fused-ring (bicyclic) bond motifs is 2. The van der Waals surface area contributed by atoms with Crippen LogP contribution in [0.2, 0.25) is 0 Å². The van der Waals surface area contributed by atoms with Gasteiger partial charge in [0.25, 0.3) is 0 Å². The Labute approximate surface area is 220 Å². The molecule has 178 valence electrons. The Bertz CT molecular complexity index is 1760. The molecule has 0 saturated heterocycles. The summed E-state index contributed by atoms with van der Waals surface area (Å²) in [6, 6.07) is 45.6. The van der Waals surface area contributed by atoms with Gasteiger partial charge in [-0.25, -0.2) is 0 Å². The smallest absolute Gasteiger partial charge is 0.101 e. The van der Waals surface area contributed by atoms with E-state index >= 15 is 0 Å². The topological polar surface area (TPSA) is 51.6 Å². The van der Waals surface area contributed by atoms with Crippen molar-refractivity contribution in [3.8, 4) is 44.8 Å². The molecular formula is C34H22N4. The third-order valence-corrected chi connectivity index (χ3v) is 6.89. The van der Waals surface area contributed by atoms with E-state index in [9.17, 15) is 0 Å². The van der Waals surface area contributed by atoms with Gasteiger partial charge >= 0.3 is 0 Å². The predicted molar refractivity (Wildman–Crippen MR) is 154 cm³/mol. The van der Waals surface area contributed by atoms with Crippen molar-refractivity contribution < 1.29 is 0 Å². The van der Waals surface area contributed by atoms with Gasteiger partial charge in [0.15, 0.2) is 0 Å². The number of benzene rings is 5. The molecule has 0 N–H and O–H groups in total. The van der Waals surface area contributed by atoms with Gasteiger partial charge in [0.05, 0.1) is 11.0 Å². The van der Waals surface area contributed by atoms with Crippen molar-refractivity contribution in [3.05, 3.63) is 133 Å². The van der Waals surface area contributed by atoms with Crippen LogP contribution in [0, 0.1) is 0 Å². The van der Waals surface area contributed by atoms with Gasteiger partial charge in [-0.1, -0.05) is 121 Å². The molecule has 2 heterocycles. The van der Waals surface area contributed by atoms with Crippen molar-refractivity contribution in [3.63, 3.8) is 0 Å². The number of aromatic nitrogens is 4. The first-order valence-corrected chi connectivity index (χ1v) is 12.6. The van der Waals surface area contributed by atoms with E-state index in [2.05, 4.69) is 93.2 Å². The average Bonchev–Trinajstić information content (AvgIpc) is 3.01. The van der Waals surface area contributed by atoms with Gasteiger partial charge in [-0.2, -0.15) is 0 Å². The molecule has 4 nitrogen and oxygen atoms in total. The maximum absolute atomic E-state index is 4.66. The highest BCUT2D eigenvalue weighted by Gasteiger charge is 2.17. The Morgan fingerprint density at radius 2 is 0.658 bits per heavy atom. The van der Waals surface area contributed by atoms with E-state index in [1.54, 1.807) is 0 Å². The highest BCUT2D eigenvalue weighted by atomic mass is 15.1. The summed E-state index contributed by atoms with van der Waals surface area (Å²) in [4.78, 5) is 0. The SMILES string of the molecule is c1ccc(-c2nnc3ccccc3c2-c2ccc(-c3c(-c4ccccc4)nnc4ccccc34)cc2)cc1. The second kappa shape index (κ2) is 9.34. The standard InChI is InChI=1S/C34H22N4/c1-3-11-25(12-4-1)33-31(27-15-7-9-17-29(27)35-37-33)23-19-21-24(22-20-23)32-28-16-8-10-18-30(28)36-38-34(32)26-13-5-2-6-14-26/h1-22H. The van der Waals surface area contributed by atoms with Crippen molar-refractivity contribution in [1.82, 2.24) is 20.4 Å². The lowest BCUT2D eigenvalue weighted by Crippen LogP contribution is -1.96. The minimum Gasteiger partial charge on any atom is -0.150 e. The molecule has 0 bridgehead atoms. The van der Waals surface area contributed by atoms with Crippen molar-refractivity contribution in [2.24, 2.45) is 0 Å². The summed E-state index contributed by atoms with van der Waals surface area (Å²) < 4.78 is 0. The monoisotopic (exact) mass is 486 g/mol. The molecule has 0 saturated carbocycles. The fraction of sp³-hybridized carbons (Fsp3) is 0. The van der Waals surface area contributed by atoms with Gasteiger partial charge in [-0.15, -0.1) is 20.4 Å². The zero-order valence-corrected chi connectivity index (χ0v) is 20.5. The largest absolute Gasteiger partial charge is 0.150 e. The van der Waals surface area contributed by atoms with Crippen LogP contribution < -0.4 is 0 Å². The second-order valence-corrected chi connectivity index (χ2v) is 9.19. The van der Waals surface area contributed by atoms with E-state index in [1.165, 1.54) is 0 Å². The molecule has 0 atom stereocenters. The summed E-state index contributed by atoms with van der Waals surface area (Å²) >= 11 is 0. The van der Waals surface area contributed by atoms with Crippen molar-refractivity contribution >= 4 is 21.8 Å². The lowest BCUT2D eigenvalue weighted by Gasteiger charge is -2.14. The summed E-state index contributed by atoms with van der Waals surface area (Å²) in [5.41, 5.74) is 9.92. The normalized spacial score (nSPS) is 11.2. The molecule has 38 heavy (non-hydrogen) atoms. The van der Waals surface area contributed by atoms with Gasteiger partial charge in [0, 0.05) is 33.0 Å². The quantitative estimate of drug-likeness (QED) is 0.251. The van der Waals surface area contributed by atoms with Gasteiger partial charge in [0.2, 0.25) is 0 Å². The molecule has 4 heteroatoms. The number of hydrogen-bond acceptors (Lipinski definition) is 4. The summed E-state index contributed by atoms with van der Waals surface area (Å²) in [5, 5.41) is 20.5. The zero-order valence-electron chi connectivity index (χ0n) is 20.5. The van der Waals surface area contributed by atoms with Gasteiger partial charge in [-0.05, 0) is 23.3 Å². The average molecular weight is 487 g/mol. The molecule has 0 fully saturated rings. The highest BCUT2D eigenvalue weighted by molar-refractivity contribution is 6.03. The Morgan fingerprint density at radius 1 is 0.289 bits per heavy atom. The Kier molecular flexibility index (Phi) is 5.41. The third-order valence-electron chi connectivity index (χ3n) is 6.89. The van der Waals surface area contributed by atoms with Crippen LogP contribution in [0.3, 0.4) is 0 Å². The maximum Gasteiger partial charge on any atom is 0.101 e. The minimum absolute atomic E-state index is 0.873. The van der Waals surface area contributed by atoms with Crippen molar-refractivity contribution in [2.75, 3.05) is 0 Å². The molecule has 0 radical (unpaired) electrons. The number of hydrogen-bond donors (Lipinski definition) is 0. The lowest BCUT2D eigenvalue weighted by molar-refractivity contribution is 1.08. The van der Waals surface area contributed by atoms with Crippen LogP contribution in [0.25, 0.3) is 66.6 Å². The van der Waals surface area contributed by atoms with Gasteiger partial charge < -0.3 is 0 Å².